The average Bonchev–Trinajstić information content (AvgIpc) is 3.03. The van der Waals surface area contributed by atoms with E-state index in [1.165, 1.54) is 16.9 Å². The van der Waals surface area contributed by atoms with Gasteiger partial charge in [-0.05, 0) is 0 Å². The molecule has 10 heteroatoms. The van der Waals surface area contributed by atoms with E-state index >= 15 is 0 Å². The van der Waals surface area contributed by atoms with Gasteiger partial charge in [-0.2, -0.15) is 5.10 Å². The first kappa shape index (κ1) is 16.8. The molecule has 1 fully saturated rings. The van der Waals surface area contributed by atoms with Crippen LogP contribution in [0.25, 0.3) is 0 Å². The summed E-state index contributed by atoms with van der Waals surface area (Å²) in [5.41, 5.74) is 0. The predicted molar refractivity (Wildman–Crippen MR) is 76.5 cm³/mol. The zero-order valence-electron chi connectivity index (χ0n) is 12.1. The van der Waals surface area contributed by atoms with E-state index in [0.29, 0.717) is 0 Å². The maximum Gasteiger partial charge on any atom is 0.262 e. The summed E-state index contributed by atoms with van der Waals surface area (Å²) >= 11 is 0. The first-order valence-electron chi connectivity index (χ1n) is 6.87. The van der Waals surface area contributed by atoms with E-state index in [2.05, 4.69) is 15.7 Å². The highest BCUT2D eigenvalue weighted by Crippen LogP contribution is 2.25. The second kappa shape index (κ2) is 6.29. The van der Waals surface area contributed by atoms with Crippen molar-refractivity contribution in [2.45, 2.75) is 31.9 Å². The second-order valence-electron chi connectivity index (χ2n) is 5.18. The maximum absolute atomic E-state index is 13.0. The Morgan fingerprint density at radius 1 is 1.59 bits per heavy atom. The molecule has 0 radical (unpaired) electrons. The number of hydrogen-bond donors (Lipinski definition) is 2. The molecule has 1 atom stereocenters. The van der Waals surface area contributed by atoms with Crippen molar-refractivity contribution in [3.63, 3.8) is 0 Å². The molecular weight excluding hydrogens is 318 g/mol. The van der Waals surface area contributed by atoms with E-state index in [-0.39, 0.29) is 23.9 Å². The number of sulfone groups is 1. The second-order valence-corrected chi connectivity index (χ2v) is 7.66. The number of amides is 1. The van der Waals surface area contributed by atoms with Gasteiger partial charge in [0.1, 0.15) is 0 Å². The molecule has 2 heterocycles. The molecule has 0 aliphatic carbocycles. The number of aromatic nitrogens is 2. The van der Waals surface area contributed by atoms with Gasteiger partial charge in [0.15, 0.2) is 15.7 Å². The standard InChI is InChI=1S/C12H18F2N4O3S/c1-2-22(20,21)6-5-18-4-3-10(17-18)16-11(19)9-7-12(13,14)8-15-9/h3-4,9,15H,2,5-8H2,1H3,(H,16,17,19). The highest BCUT2D eigenvalue weighted by Gasteiger charge is 2.42. The van der Waals surface area contributed by atoms with Crippen LogP contribution in [0.5, 0.6) is 0 Å². The van der Waals surface area contributed by atoms with E-state index in [9.17, 15) is 22.0 Å². The lowest BCUT2D eigenvalue weighted by Gasteiger charge is -2.09. The molecule has 2 N–H and O–H groups in total. The summed E-state index contributed by atoms with van der Waals surface area (Å²) in [6.07, 6.45) is 0.978. The van der Waals surface area contributed by atoms with E-state index in [1.807, 2.05) is 0 Å². The van der Waals surface area contributed by atoms with Gasteiger partial charge in [0, 0.05) is 24.4 Å². The summed E-state index contributed by atoms with van der Waals surface area (Å²) in [7, 11) is -3.10. The van der Waals surface area contributed by atoms with Crippen molar-refractivity contribution in [2.24, 2.45) is 0 Å². The lowest BCUT2D eigenvalue weighted by molar-refractivity contribution is -0.118. The molecule has 1 aliphatic rings. The summed E-state index contributed by atoms with van der Waals surface area (Å²) in [5.74, 6) is -3.25. The highest BCUT2D eigenvalue weighted by atomic mass is 32.2. The third kappa shape index (κ3) is 4.47. The minimum absolute atomic E-state index is 0.0467. The highest BCUT2D eigenvalue weighted by molar-refractivity contribution is 7.91. The molecular formula is C12H18F2N4O3S. The van der Waals surface area contributed by atoms with Crippen molar-refractivity contribution in [3.8, 4) is 0 Å². The monoisotopic (exact) mass is 336 g/mol. The Morgan fingerprint density at radius 2 is 2.32 bits per heavy atom. The number of anilines is 1. The third-order valence-electron chi connectivity index (χ3n) is 3.39. The molecule has 1 amide bonds. The summed E-state index contributed by atoms with van der Waals surface area (Å²) in [6, 6.07) is 0.532. The van der Waals surface area contributed by atoms with E-state index in [4.69, 9.17) is 0 Å². The minimum atomic E-state index is -3.10. The topological polar surface area (TPSA) is 93.1 Å². The van der Waals surface area contributed by atoms with Gasteiger partial charge < -0.3 is 5.32 Å². The number of hydrogen-bond acceptors (Lipinski definition) is 5. The fraction of sp³-hybridized carbons (Fsp3) is 0.667. The quantitative estimate of drug-likeness (QED) is 0.777. The van der Waals surface area contributed by atoms with Crippen LogP contribution in [0.3, 0.4) is 0 Å². The van der Waals surface area contributed by atoms with Crippen molar-refractivity contribution < 1.29 is 22.0 Å². The Labute approximate surface area is 127 Å². The average molecular weight is 336 g/mol. The van der Waals surface area contributed by atoms with Crippen molar-refractivity contribution in [1.29, 1.82) is 0 Å². The molecule has 1 aromatic rings. The van der Waals surface area contributed by atoms with Gasteiger partial charge in [-0.3, -0.25) is 14.8 Å². The number of halogens is 2. The van der Waals surface area contributed by atoms with Gasteiger partial charge in [0.25, 0.3) is 5.92 Å². The number of alkyl halides is 2. The van der Waals surface area contributed by atoms with Crippen LogP contribution in [0.15, 0.2) is 12.3 Å². The van der Waals surface area contributed by atoms with Crippen LogP contribution >= 0.6 is 0 Å². The van der Waals surface area contributed by atoms with Crippen LogP contribution < -0.4 is 10.6 Å². The predicted octanol–water partition coefficient (Wildman–Crippen LogP) is 0.254. The van der Waals surface area contributed by atoms with Crippen molar-refractivity contribution in [2.75, 3.05) is 23.4 Å². The van der Waals surface area contributed by atoms with Gasteiger partial charge in [-0.15, -0.1) is 0 Å². The SMILES string of the molecule is CCS(=O)(=O)CCn1ccc(NC(=O)C2CC(F)(F)CN2)n1. The first-order chi connectivity index (χ1) is 10.2. The largest absolute Gasteiger partial charge is 0.308 e. The molecule has 0 saturated carbocycles. The van der Waals surface area contributed by atoms with Crippen molar-refractivity contribution >= 4 is 21.6 Å². The van der Waals surface area contributed by atoms with Gasteiger partial charge in [-0.25, -0.2) is 17.2 Å². The molecule has 124 valence electrons. The molecule has 22 heavy (non-hydrogen) atoms. The fourth-order valence-corrected chi connectivity index (χ4v) is 2.80. The Kier molecular flexibility index (Phi) is 4.81. The normalized spacial score (nSPS) is 21.0. The number of rotatable bonds is 6. The lowest BCUT2D eigenvalue weighted by Crippen LogP contribution is -2.35. The van der Waals surface area contributed by atoms with Crippen LogP contribution in [0, 0.1) is 0 Å². The molecule has 0 aromatic carbocycles. The van der Waals surface area contributed by atoms with E-state index < -0.39 is 40.7 Å². The summed E-state index contributed by atoms with van der Waals surface area (Å²) in [5, 5.41) is 8.89. The van der Waals surface area contributed by atoms with Gasteiger partial charge >= 0.3 is 0 Å². The molecule has 2 rings (SSSR count). The molecule has 1 aliphatic heterocycles. The fourth-order valence-electron chi connectivity index (χ4n) is 2.04. The minimum Gasteiger partial charge on any atom is -0.308 e. The summed E-state index contributed by atoms with van der Waals surface area (Å²) < 4.78 is 50.2. The molecule has 0 spiro atoms. The smallest absolute Gasteiger partial charge is 0.262 e. The summed E-state index contributed by atoms with van der Waals surface area (Å²) in [6.45, 7) is 1.22. The number of nitrogens with zero attached hydrogens (tertiary/aromatic N) is 2. The molecule has 1 saturated heterocycles. The Hall–Kier alpha value is -1.55. The first-order valence-corrected chi connectivity index (χ1v) is 8.69. The van der Waals surface area contributed by atoms with Crippen LogP contribution in [0.2, 0.25) is 0 Å². The van der Waals surface area contributed by atoms with Crippen LogP contribution in [-0.2, 0) is 21.2 Å². The van der Waals surface area contributed by atoms with Gasteiger partial charge in [0.2, 0.25) is 5.91 Å². The zero-order valence-corrected chi connectivity index (χ0v) is 12.9. The van der Waals surface area contributed by atoms with Crippen molar-refractivity contribution in [1.82, 2.24) is 15.1 Å². The van der Waals surface area contributed by atoms with Crippen LogP contribution in [0.4, 0.5) is 14.6 Å². The number of carbonyl (C=O) groups is 1. The van der Waals surface area contributed by atoms with Gasteiger partial charge in [-0.1, -0.05) is 6.92 Å². The third-order valence-corrected chi connectivity index (χ3v) is 5.07. The lowest BCUT2D eigenvalue weighted by atomic mass is 10.2. The molecule has 0 bridgehead atoms. The van der Waals surface area contributed by atoms with E-state index in [0.717, 1.165) is 0 Å². The van der Waals surface area contributed by atoms with Crippen LogP contribution in [0.1, 0.15) is 13.3 Å². The molecule has 7 nitrogen and oxygen atoms in total. The number of nitrogens with one attached hydrogen (secondary N) is 2. The molecule has 1 unspecified atom stereocenters. The van der Waals surface area contributed by atoms with Gasteiger partial charge in [0.05, 0.1) is 24.9 Å². The van der Waals surface area contributed by atoms with Crippen LogP contribution in [-0.4, -0.2) is 54.1 Å². The maximum atomic E-state index is 13.0. The van der Waals surface area contributed by atoms with E-state index in [1.54, 1.807) is 6.92 Å². The Bertz CT molecular complexity index is 645. The Balaban J connectivity index is 1.88. The molecule has 1 aromatic heterocycles. The van der Waals surface area contributed by atoms with Crippen molar-refractivity contribution in [3.05, 3.63) is 12.3 Å². The Morgan fingerprint density at radius 3 is 2.91 bits per heavy atom. The zero-order chi connectivity index (χ0) is 16.4. The number of aryl methyl sites for hydroxylation is 1. The summed E-state index contributed by atoms with van der Waals surface area (Å²) in [4.78, 5) is 11.8. The number of carbonyl (C=O) groups excluding carboxylic acids is 1.